The van der Waals surface area contributed by atoms with E-state index in [1.54, 1.807) is 12.1 Å². The van der Waals surface area contributed by atoms with E-state index in [0.29, 0.717) is 11.5 Å². The first-order valence-electron chi connectivity index (χ1n) is 7.19. The Morgan fingerprint density at radius 2 is 1.91 bits per heavy atom. The van der Waals surface area contributed by atoms with Crippen LogP contribution in [0.4, 0.5) is 4.39 Å². The summed E-state index contributed by atoms with van der Waals surface area (Å²) < 4.78 is 18.8. The molecule has 1 amide bonds. The van der Waals surface area contributed by atoms with E-state index in [-0.39, 0.29) is 12.1 Å². The Labute approximate surface area is 132 Å². The van der Waals surface area contributed by atoms with Gasteiger partial charge >= 0.3 is 0 Å². The number of halogens is 1. The first kappa shape index (κ1) is 15.0. The summed E-state index contributed by atoms with van der Waals surface area (Å²) in [4.78, 5) is 11.9. The number of nitrogens with zero attached hydrogens (tertiary/aromatic N) is 1. The summed E-state index contributed by atoms with van der Waals surface area (Å²) >= 11 is 0. The van der Waals surface area contributed by atoms with Crippen molar-refractivity contribution in [3.63, 3.8) is 0 Å². The van der Waals surface area contributed by atoms with Crippen LogP contribution < -0.4 is 5.32 Å². The highest BCUT2D eigenvalue weighted by atomic mass is 19.1. The number of rotatable bonds is 4. The number of amides is 1. The van der Waals surface area contributed by atoms with E-state index in [0.717, 1.165) is 11.1 Å². The van der Waals surface area contributed by atoms with Gasteiger partial charge in [0, 0.05) is 11.6 Å². The maximum Gasteiger partial charge on any atom is 0.254 e. The van der Waals surface area contributed by atoms with E-state index < -0.39 is 11.7 Å². The normalized spacial score (nSPS) is 10.5. The first-order valence-corrected chi connectivity index (χ1v) is 7.19. The van der Waals surface area contributed by atoms with Gasteiger partial charge in [-0.25, -0.2) is 4.39 Å². The Morgan fingerprint density at radius 1 is 1.17 bits per heavy atom. The second kappa shape index (κ2) is 6.44. The molecule has 23 heavy (non-hydrogen) atoms. The molecule has 0 radical (unpaired) electrons. The Morgan fingerprint density at radius 3 is 2.65 bits per heavy atom. The van der Waals surface area contributed by atoms with Gasteiger partial charge in [0.25, 0.3) is 5.91 Å². The summed E-state index contributed by atoms with van der Waals surface area (Å²) in [5.74, 6) is -0.409. The third kappa shape index (κ3) is 3.45. The predicted octanol–water partition coefficient (Wildman–Crippen LogP) is 3.72. The van der Waals surface area contributed by atoms with Crippen LogP contribution in [0.3, 0.4) is 0 Å². The molecule has 3 rings (SSSR count). The lowest BCUT2D eigenvalue weighted by molar-refractivity contribution is 0.0946. The lowest BCUT2D eigenvalue weighted by atomic mass is 10.1. The van der Waals surface area contributed by atoms with Gasteiger partial charge in [-0.1, -0.05) is 47.1 Å². The van der Waals surface area contributed by atoms with Gasteiger partial charge in [0.1, 0.15) is 11.5 Å². The Balaban J connectivity index is 1.67. The number of benzene rings is 2. The van der Waals surface area contributed by atoms with Crippen LogP contribution in [0, 0.1) is 12.7 Å². The Kier molecular flexibility index (Phi) is 4.19. The zero-order chi connectivity index (χ0) is 16.2. The number of aromatic nitrogens is 1. The van der Waals surface area contributed by atoms with Gasteiger partial charge in [-0.05, 0) is 19.1 Å². The molecular formula is C18H15FN2O2. The van der Waals surface area contributed by atoms with Gasteiger partial charge in [-0.3, -0.25) is 4.79 Å². The number of aryl methyl sites for hydroxylation is 1. The molecule has 116 valence electrons. The fourth-order valence-corrected chi connectivity index (χ4v) is 2.16. The topological polar surface area (TPSA) is 55.1 Å². The van der Waals surface area contributed by atoms with Crippen molar-refractivity contribution in [1.82, 2.24) is 10.5 Å². The number of nitrogens with one attached hydrogen (secondary N) is 1. The number of carbonyl (C=O) groups excluding carboxylic acids is 1. The lowest BCUT2D eigenvalue weighted by Gasteiger charge is -2.03. The van der Waals surface area contributed by atoms with Crippen LogP contribution in [-0.4, -0.2) is 11.1 Å². The van der Waals surface area contributed by atoms with Crippen LogP contribution in [0.5, 0.6) is 0 Å². The minimum atomic E-state index is -0.550. The minimum Gasteiger partial charge on any atom is -0.356 e. The first-order chi connectivity index (χ1) is 11.1. The van der Waals surface area contributed by atoms with E-state index in [2.05, 4.69) is 10.5 Å². The average Bonchev–Trinajstić information content (AvgIpc) is 3.03. The molecular weight excluding hydrogens is 295 g/mol. The third-order valence-corrected chi connectivity index (χ3v) is 3.44. The van der Waals surface area contributed by atoms with Gasteiger partial charge in [-0.15, -0.1) is 0 Å². The molecule has 1 aromatic heterocycles. The van der Waals surface area contributed by atoms with Crippen LogP contribution in [0.2, 0.25) is 0 Å². The Bertz CT molecular complexity index is 825. The highest BCUT2D eigenvalue weighted by molar-refractivity contribution is 5.94. The van der Waals surface area contributed by atoms with E-state index in [1.165, 1.54) is 18.2 Å². The fourth-order valence-electron chi connectivity index (χ4n) is 2.16. The summed E-state index contributed by atoms with van der Waals surface area (Å²) in [6.07, 6.45) is 0. The van der Waals surface area contributed by atoms with Crippen molar-refractivity contribution < 1.29 is 13.7 Å². The van der Waals surface area contributed by atoms with Crippen molar-refractivity contribution in [2.45, 2.75) is 13.5 Å². The van der Waals surface area contributed by atoms with E-state index >= 15 is 0 Å². The van der Waals surface area contributed by atoms with Crippen LogP contribution in [0.25, 0.3) is 11.3 Å². The van der Waals surface area contributed by atoms with Crippen LogP contribution in [0.15, 0.2) is 59.1 Å². The highest BCUT2D eigenvalue weighted by Crippen LogP contribution is 2.20. The molecule has 3 aromatic rings. The summed E-state index contributed by atoms with van der Waals surface area (Å²) in [6.45, 7) is 2.18. The maximum absolute atomic E-state index is 13.5. The average molecular weight is 310 g/mol. The monoisotopic (exact) mass is 310 g/mol. The predicted molar refractivity (Wildman–Crippen MR) is 84.2 cm³/mol. The number of hydrogen-bond donors (Lipinski definition) is 1. The smallest absolute Gasteiger partial charge is 0.254 e. The second-order valence-electron chi connectivity index (χ2n) is 5.21. The van der Waals surface area contributed by atoms with Gasteiger partial charge in [0.05, 0.1) is 12.1 Å². The SMILES string of the molecule is Cc1ccc(-c2cc(CNC(=O)c3ccccc3F)no2)cc1. The molecule has 0 bridgehead atoms. The Hall–Kier alpha value is -2.95. The van der Waals surface area contributed by atoms with Crippen molar-refractivity contribution in [2.75, 3.05) is 0 Å². The molecule has 0 aliphatic rings. The quantitative estimate of drug-likeness (QED) is 0.799. The molecule has 0 unspecified atom stereocenters. The molecule has 5 heteroatoms. The van der Waals surface area contributed by atoms with E-state index in [4.69, 9.17) is 4.52 Å². The third-order valence-electron chi connectivity index (χ3n) is 3.44. The van der Waals surface area contributed by atoms with Crippen molar-refractivity contribution >= 4 is 5.91 Å². The van der Waals surface area contributed by atoms with E-state index in [9.17, 15) is 9.18 Å². The van der Waals surface area contributed by atoms with Crippen LogP contribution in [0.1, 0.15) is 21.6 Å². The van der Waals surface area contributed by atoms with E-state index in [1.807, 2.05) is 31.2 Å². The molecule has 4 nitrogen and oxygen atoms in total. The van der Waals surface area contributed by atoms with Gasteiger partial charge in [0.2, 0.25) is 0 Å². The molecule has 0 saturated carbocycles. The standard InChI is InChI=1S/C18H15FN2O2/c1-12-6-8-13(9-7-12)17-10-14(21-23-17)11-20-18(22)15-4-2-3-5-16(15)19/h2-10H,11H2,1H3,(H,20,22). The summed E-state index contributed by atoms with van der Waals surface area (Å²) in [7, 11) is 0. The minimum absolute atomic E-state index is 0.00903. The fraction of sp³-hybridized carbons (Fsp3) is 0.111. The maximum atomic E-state index is 13.5. The summed E-state index contributed by atoms with van der Waals surface area (Å²) in [5, 5.41) is 6.55. The second-order valence-corrected chi connectivity index (χ2v) is 5.21. The largest absolute Gasteiger partial charge is 0.356 e. The van der Waals surface area contributed by atoms with Gasteiger partial charge < -0.3 is 9.84 Å². The molecule has 0 aliphatic heterocycles. The molecule has 1 N–H and O–H groups in total. The van der Waals surface area contributed by atoms with Crippen LogP contribution in [-0.2, 0) is 6.54 Å². The van der Waals surface area contributed by atoms with Gasteiger partial charge in [-0.2, -0.15) is 0 Å². The van der Waals surface area contributed by atoms with Crippen molar-refractivity contribution in [1.29, 1.82) is 0 Å². The molecule has 0 fully saturated rings. The number of carbonyl (C=O) groups is 1. The summed E-state index contributed by atoms with van der Waals surface area (Å²) in [5.41, 5.74) is 2.65. The summed E-state index contributed by atoms with van der Waals surface area (Å²) in [6, 6.07) is 15.4. The van der Waals surface area contributed by atoms with Crippen LogP contribution >= 0.6 is 0 Å². The number of hydrogen-bond acceptors (Lipinski definition) is 3. The highest BCUT2D eigenvalue weighted by Gasteiger charge is 2.12. The molecule has 0 spiro atoms. The van der Waals surface area contributed by atoms with Crippen molar-refractivity contribution in [2.24, 2.45) is 0 Å². The molecule has 0 atom stereocenters. The lowest BCUT2D eigenvalue weighted by Crippen LogP contribution is -2.23. The zero-order valence-corrected chi connectivity index (χ0v) is 12.5. The molecule has 2 aromatic carbocycles. The molecule has 1 heterocycles. The molecule has 0 aliphatic carbocycles. The molecule has 0 saturated heterocycles. The van der Waals surface area contributed by atoms with Crippen molar-refractivity contribution in [3.05, 3.63) is 77.2 Å². The van der Waals surface area contributed by atoms with Crippen molar-refractivity contribution in [3.8, 4) is 11.3 Å². The zero-order valence-electron chi connectivity index (χ0n) is 12.5. The van der Waals surface area contributed by atoms with Gasteiger partial charge in [0.15, 0.2) is 5.76 Å².